The predicted octanol–water partition coefficient (Wildman–Crippen LogP) is 1.84. The molecule has 2 aliphatic rings. The van der Waals surface area contributed by atoms with Gasteiger partial charge < -0.3 is 25.6 Å². The van der Waals surface area contributed by atoms with Crippen LogP contribution in [0.2, 0.25) is 5.02 Å². The number of aromatic nitrogens is 1. The first-order valence-corrected chi connectivity index (χ1v) is 10.0. The molecule has 31 heavy (non-hydrogen) atoms. The number of nitrogens with zero attached hydrogens (tertiary/aromatic N) is 2. The van der Waals surface area contributed by atoms with Crippen molar-refractivity contribution in [2.24, 2.45) is 5.73 Å². The number of benzene rings is 1. The quantitative estimate of drug-likeness (QED) is 0.612. The zero-order chi connectivity index (χ0) is 22.6. The Bertz CT molecular complexity index is 1180. The van der Waals surface area contributed by atoms with Crippen LogP contribution in [0.1, 0.15) is 57.5 Å². The summed E-state index contributed by atoms with van der Waals surface area (Å²) in [5.41, 5.74) is 4.65. The molecule has 2 amide bonds. The fourth-order valence-electron chi connectivity index (χ4n) is 4.26. The van der Waals surface area contributed by atoms with E-state index in [1.165, 1.54) is 9.47 Å². The lowest BCUT2D eigenvalue weighted by atomic mass is 10.0. The van der Waals surface area contributed by atoms with Crippen LogP contribution in [0.5, 0.6) is 5.75 Å². The van der Waals surface area contributed by atoms with Gasteiger partial charge in [-0.2, -0.15) is 0 Å². The molecule has 3 heterocycles. The van der Waals surface area contributed by atoms with Crippen LogP contribution in [0.4, 0.5) is 8.78 Å². The summed E-state index contributed by atoms with van der Waals surface area (Å²) < 4.78 is 28.9. The van der Waals surface area contributed by atoms with Crippen molar-refractivity contribution in [3.8, 4) is 5.75 Å². The predicted molar refractivity (Wildman–Crippen MR) is 107 cm³/mol. The average Bonchev–Trinajstić information content (AvgIpc) is 3.06. The number of hydrogen-bond donors (Lipinski definition) is 3. The lowest BCUT2D eigenvalue weighted by Crippen LogP contribution is -2.44. The zero-order valence-electron chi connectivity index (χ0n) is 16.4. The lowest BCUT2D eigenvalue weighted by Gasteiger charge is -2.33. The molecule has 0 spiro atoms. The molecule has 1 aromatic heterocycles. The van der Waals surface area contributed by atoms with Gasteiger partial charge in [0.05, 0.1) is 11.7 Å². The van der Waals surface area contributed by atoms with Crippen molar-refractivity contribution < 1.29 is 23.5 Å². The third-order valence-electron chi connectivity index (χ3n) is 5.75. The molecule has 0 saturated carbocycles. The van der Waals surface area contributed by atoms with Crippen molar-refractivity contribution in [3.05, 3.63) is 61.5 Å². The van der Waals surface area contributed by atoms with E-state index in [1.54, 1.807) is 6.92 Å². The molecule has 0 saturated heterocycles. The van der Waals surface area contributed by atoms with E-state index in [0.29, 0.717) is 19.5 Å². The zero-order valence-corrected chi connectivity index (χ0v) is 17.2. The summed E-state index contributed by atoms with van der Waals surface area (Å²) in [6.07, 6.45) is 0.377. The van der Waals surface area contributed by atoms with E-state index in [4.69, 9.17) is 17.3 Å². The molecule has 8 nitrogen and oxygen atoms in total. The van der Waals surface area contributed by atoms with Crippen molar-refractivity contribution in [2.45, 2.75) is 32.0 Å². The van der Waals surface area contributed by atoms with Crippen molar-refractivity contribution in [1.29, 1.82) is 0 Å². The molecule has 0 unspecified atom stereocenters. The van der Waals surface area contributed by atoms with Gasteiger partial charge in [0.25, 0.3) is 11.8 Å². The number of halogens is 3. The van der Waals surface area contributed by atoms with Crippen molar-refractivity contribution in [2.75, 3.05) is 13.1 Å². The second kappa shape index (κ2) is 7.61. The van der Waals surface area contributed by atoms with E-state index in [2.05, 4.69) is 5.32 Å². The third-order valence-corrected chi connectivity index (χ3v) is 6.10. The number of carbonyl (C=O) groups excluding carboxylic acids is 2. The van der Waals surface area contributed by atoms with Crippen LogP contribution in [-0.4, -0.2) is 39.5 Å². The van der Waals surface area contributed by atoms with Crippen LogP contribution in [0, 0.1) is 11.6 Å². The highest BCUT2D eigenvalue weighted by atomic mass is 35.5. The summed E-state index contributed by atoms with van der Waals surface area (Å²) in [5, 5.41) is 12.2. The van der Waals surface area contributed by atoms with E-state index in [-0.39, 0.29) is 29.5 Å². The van der Waals surface area contributed by atoms with Gasteiger partial charge in [-0.05, 0) is 19.4 Å². The highest BCUT2D eigenvalue weighted by Gasteiger charge is 2.43. The molecule has 2 aliphatic heterocycles. The molecule has 0 bridgehead atoms. The largest absolute Gasteiger partial charge is 0.503 e. The molecule has 4 rings (SSSR count). The highest BCUT2D eigenvalue weighted by molar-refractivity contribution is 6.30. The van der Waals surface area contributed by atoms with Gasteiger partial charge in [0, 0.05) is 31.2 Å². The summed E-state index contributed by atoms with van der Waals surface area (Å²) in [5.74, 6) is -4.21. The van der Waals surface area contributed by atoms with Gasteiger partial charge in [0.2, 0.25) is 5.43 Å². The van der Waals surface area contributed by atoms with Crippen LogP contribution in [0.3, 0.4) is 0 Å². The Labute approximate surface area is 180 Å². The first kappa shape index (κ1) is 21.3. The standard InChI is InChI=1S/C20H19ClF2N4O4/c1-2-26-7-9-5-11(24)15-12(17(28)18(29)16(20(26)31)27(9)15)19(30)25-6-8-3-4-10(22)13(21)14(8)23/h3-4,9,11,29H,2,5-7,24H2,1H3,(H,25,30)/t9-,11-/m1/s1. The molecular weight excluding hydrogens is 434 g/mol. The van der Waals surface area contributed by atoms with Crippen LogP contribution in [0.15, 0.2) is 16.9 Å². The maximum atomic E-state index is 14.1. The fourth-order valence-corrected chi connectivity index (χ4v) is 4.44. The Balaban J connectivity index is 1.75. The van der Waals surface area contributed by atoms with Gasteiger partial charge in [-0.1, -0.05) is 17.7 Å². The number of nitrogens with two attached hydrogens (primary N) is 1. The van der Waals surface area contributed by atoms with E-state index >= 15 is 0 Å². The molecular formula is C20H19ClF2N4O4. The molecule has 1 aromatic carbocycles. The van der Waals surface area contributed by atoms with Gasteiger partial charge in [-0.3, -0.25) is 14.4 Å². The minimum atomic E-state index is -1.03. The molecule has 2 aromatic rings. The Morgan fingerprint density at radius 1 is 1.35 bits per heavy atom. The number of aromatic hydroxyl groups is 1. The topological polar surface area (TPSA) is 118 Å². The van der Waals surface area contributed by atoms with Crippen molar-refractivity contribution in [3.63, 3.8) is 0 Å². The number of nitrogens with one attached hydrogen (secondary N) is 1. The monoisotopic (exact) mass is 452 g/mol. The number of rotatable bonds is 4. The van der Waals surface area contributed by atoms with Gasteiger partial charge >= 0.3 is 0 Å². The Morgan fingerprint density at radius 3 is 2.74 bits per heavy atom. The second-order valence-corrected chi connectivity index (χ2v) is 7.89. The van der Waals surface area contributed by atoms with Crippen molar-refractivity contribution >= 4 is 23.4 Å². The maximum absolute atomic E-state index is 14.1. The van der Waals surface area contributed by atoms with Gasteiger partial charge in [0.15, 0.2) is 11.4 Å². The number of likely N-dealkylation sites (N-methyl/N-ethyl adjacent to an activating group) is 1. The smallest absolute Gasteiger partial charge is 0.274 e. The average molecular weight is 453 g/mol. The van der Waals surface area contributed by atoms with E-state index < -0.39 is 51.3 Å². The van der Waals surface area contributed by atoms with E-state index in [9.17, 15) is 28.3 Å². The lowest BCUT2D eigenvalue weighted by molar-refractivity contribution is 0.0675. The molecule has 4 N–H and O–H groups in total. The minimum absolute atomic E-state index is 0.0885. The van der Waals surface area contributed by atoms with Crippen LogP contribution in [0.25, 0.3) is 0 Å². The number of pyridine rings is 1. The van der Waals surface area contributed by atoms with Crippen LogP contribution in [-0.2, 0) is 6.54 Å². The summed E-state index contributed by atoms with van der Waals surface area (Å²) >= 11 is 5.55. The van der Waals surface area contributed by atoms with Crippen LogP contribution < -0.4 is 16.5 Å². The maximum Gasteiger partial charge on any atom is 0.274 e. The number of hydrogen-bond acceptors (Lipinski definition) is 5. The molecule has 11 heteroatoms. The van der Waals surface area contributed by atoms with Gasteiger partial charge in [-0.15, -0.1) is 0 Å². The molecule has 2 atom stereocenters. The van der Waals surface area contributed by atoms with E-state index in [0.717, 1.165) is 12.1 Å². The normalized spacial score (nSPS) is 19.5. The molecule has 164 valence electrons. The van der Waals surface area contributed by atoms with Gasteiger partial charge in [0.1, 0.15) is 22.2 Å². The fraction of sp³-hybridized carbons (Fsp3) is 0.350. The SMILES string of the molecule is CCN1C[C@H]2C[C@@H](N)c3c(C(=O)NCc4ccc(F)c(Cl)c4F)c(=O)c(O)c(n32)C1=O. The minimum Gasteiger partial charge on any atom is -0.503 e. The summed E-state index contributed by atoms with van der Waals surface area (Å²) in [6.45, 7) is 2.13. The Hall–Kier alpha value is -2.98. The Kier molecular flexibility index (Phi) is 5.22. The number of carbonyl (C=O) groups is 2. The van der Waals surface area contributed by atoms with Crippen LogP contribution >= 0.6 is 11.6 Å². The third kappa shape index (κ3) is 3.17. The number of amides is 2. The second-order valence-electron chi connectivity index (χ2n) is 7.51. The van der Waals surface area contributed by atoms with Gasteiger partial charge in [-0.25, -0.2) is 8.78 Å². The van der Waals surface area contributed by atoms with E-state index in [1.807, 2.05) is 0 Å². The Morgan fingerprint density at radius 2 is 2.06 bits per heavy atom. The first-order chi connectivity index (χ1) is 14.7. The summed E-state index contributed by atoms with van der Waals surface area (Å²) in [7, 11) is 0. The first-order valence-electron chi connectivity index (χ1n) is 9.64. The van der Waals surface area contributed by atoms with Crippen molar-refractivity contribution in [1.82, 2.24) is 14.8 Å². The molecule has 0 fully saturated rings. The molecule has 0 radical (unpaired) electrons. The molecule has 0 aliphatic carbocycles. The highest BCUT2D eigenvalue weighted by Crippen LogP contribution is 2.40. The summed E-state index contributed by atoms with van der Waals surface area (Å²) in [6, 6.07) is 1.08. The summed E-state index contributed by atoms with van der Waals surface area (Å²) in [4.78, 5) is 39.9.